The van der Waals surface area contributed by atoms with Gasteiger partial charge in [0, 0.05) is 36.6 Å². The Hall–Kier alpha value is -5.96. The van der Waals surface area contributed by atoms with Crippen molar-refractivity contribution in [3.8, 4) is 16.8 Å². The van der Waals surface area contributed by atoms with Crippen LogP contribution in [-0.2, 0) is 0 Å². The lowest BCUT2D eigenvalue weighted by Gasteiger charge is -2.13. The third kappa shape index (κ3) is 5.86. The van der Waals surface area contributed by atoms with Crippen LogP contribution in [0.2, 0.25) is 0 Å². The van der Waals surface area contributed by atoms with Crippen LogP contribution < -0.4 is 0 Å². The third-order valence-electron chi connectivity index (χ3n) is 9.38. The number of hydrogen-bond acceptors (Lipinski definition) is 1. The van der Waals surface area contributed by atoms with Gasteiger partial charge >= 0.3 is 0 Å². The second-order valence-electron chi connectivity index (χ2n) is 12.5. The summed E-state index contributed by atoms with van der Waals surface area (Å²) in [7, 11) is 0. The Morgan fingerprint density at radius 3 is 1.52 bits per heavy atom. The summed E-state index contributed by atoms with van der Waals surface area (Å²) in [6, 6.07) is 55.8. The zero-order chi connectivity index (χ0) is 36.2. The summed E-state index contributed by atoms with van der Waals surface area (Å²) >= 11 is 1.90. The smallest absolute Gasteiger partial charge is 0.0555 e. The van der Waals surface area contributed by atoms with Crippen molar-refractivity contribution < 1.29 is 0 Å². The molecule has 0 spiro atoms. The van der Waals surface area contributed by atoms with Gasteiger partial charge in [0.15, 0.2) is 0 Å². The van der Waals surface area contributed by atoms with E-state index in [1.165, 1.54) is 91.1 Å². The van der Waals surface area contributed by atoms with E-state index in [9.17, 15) is 0 Å². The minimum atomic E-state index is 1.18. The number of thiophene rings is 1. The predicted octanol–water partition coefficient (Wildman–Crippen LogP) is 15.7. The Morgan fingerprint density at radius 1 is 0.442 bits per heavy atom. The molecule has 2 aromatic heterocycles. The monoisotopic (exact) mass is 689 g/mol. The van der Waals surface area contributed by atoms with Gasteiger partial charge < -0.3 is 4.57 Å². The Balaban J connectivity index is 0.000000488. The van der Waals surface area contributed by atoms with Crippen molar-refractivity contribution in [2.45, 2.75) is 27.7 Å². The van der Waals surface area contributed by atoms with Gasteiger partial charge in [-0.15, -0.1) is 24.5 Å². The Kier molecular flexibility index (Phi) is 10.0. The van der Waals surface area contributed by atoms with Crippen LogP contribution in [0.15, 0.2) is 177 Å². The van der Waals surface area contributed by atoms with Gasteiger partial charge in [-0.2, -0.15) is 0 Å². The highest BCUT2D eigenvalue weighted by atomic mass is 32.1. The minimum Gasteiger partial charge on any atom is -0.309 e. The van der Waals surface area contributed by atoms with E-state index in [0.717, 1.165) is 0 Å². The van der Waals surface area contributed by atoms with E-state index in [0.29, 0.717) is 0 Å². The maximum absolute atomic E-state index is 3.36. The van der Waals surface area contributed by atoms with E-state index < -0.39 is 0 Å². The van der Waals surface area contributed by atoms with Gasteiger partial charge in [-0.1, -0.05) is 141 Å². The SMILES string of the molecule is C=CC.C=CC.CC.c1ccc2c(c1)sc1c2ccc2c1c1ccccc1n2-c1ccc(-c2ccc3c4ccccc4c4ccccc4c3c2)cc1. The van der Waals surface area contributed by atoms with Gasteiger partial charge in [-0.25, -0.2) is 0 Å². The quantitative estimate of drug-likeness (QED) is 0.126. The molecule has 0 aliphatic heterocycles. The number of para-hydroxylation sites is 1. The molecular weight excluding hydrogens is 647 g/mol. The topological polar surface area (TPSA) is 4.93 Å². The van der Waals surface area contributed by atoms with Crippen LogP contribution in [0.25, 0.3) is 91.1 Å². The number of fused-ring (bicyclic) bond motifs is 13. The first-order valence-electron chi connectivity index (χ1n) is 18.1. The van der Waals surface area contributed by atoms with Gasteiger partial charge in [-0.3, -0.25) is 0 Å². The zero-order valence-corrected chi connectivity index (χ0v) is 31.2. The molecule has 0 unspecified atom stereocenters. The molecule has 0 amide bonds. The van der Waals surface area contributed by atoms with Gasteiger partial charge in [0.05, 0.1) is 11.0 Å². The Bertz CT molecular complexity index is 2820. The van der Waals surface area contributed by atoms with Crippen LogP contribution in [0.1, 0.15) is 27.7 Å². The fourth-order valence-corrected chi connectivity index (χ4v) is 8.66. The lowest BCUT2D eigenvalue weighted by molar-refractivity contribution is 1.18. The molecule has 0 radical (unpaired) electrons. The lowest BCUT2D eigenvalue weighted by Crippen LogP contribution is -1.93. The van der Waals surface area contributed by atoms with Crippen LogP contribution in [0, 0.1) is 0 Å². The van der Waals surface area contributed by atoms with Gasteiger partial charge in [-0.05, 0) is 93.7 Å². The molecule has 0 aliphatic rings. The molecule has 0 fully saturated rings. The second kappa shape index (κ2) is 15.1. The highest BCUT2D eigenvalue weighted by Gasteiger charge is 2.17. The van der Waals surface area contributed by atoms with Crippen molar-refractivity contribution in [3.63, 3.8) is 0 Å². The molecule has 0 aliphatic carbocycles. The first-order chi connectivity index (χ1) is 25.7. The summed E-state index contributed by atoms with van der Waals surface area (Å²) in [5.41, 5.74) is 6.13. The summed E-state index contributed by atoms with van der Waals surface area (Å²) in [6.45, 7) is 14.5. The Labute approximate surface area is 310 Å². The van der Waals surface area contributed by atoms with Crippen molar-refractivity contribution in [3.05, 3.63) is 177 Å². The first-order valence-corrected chi connectivity index (χ1v) is 18.9. The average molecular weight is 690 g/mol. The molecule has 10 rings (SSSR count). The number of nitrogens with zero attached hydrogens (tertiary/aromatic N) is 1. The molecular formula is C50H43NS. The van der Waals surface area contributed by atoms with Crippen molar-refractivity contribution in [1.82, 2.24) is 4.57 Å². The molecule has 0 saturated carbocycles. The summed E-state index contributed by atoms with van der Waals surface area (Å²) in [5, 5.41) is 13.2. The van der Waals surface area contributed by atoms with Gasteiger partial charge in [0.2, 0.25) is 0 Å². The van der Waals surface area contributed by atoms with E-state index in [4.69, 9.17) is 0 Å². The number of benzene rings is 8. The van der Waals surface area contributed by atoms with E-state index in [-0.39, 0.29) is 0 Å². The van der Waals surface area contributed by atoms with Crippen molar-refractivity contribution in [2.24, 2.45) is 0 Å². The summed E-state index contributed by atoms with van der Waals surface area (Å²) in [4.78, 5) is 0. The van der Waals surface area contributed by atoms with Crippen molar-refractivity contribution in [2.75, 3.05) is 0 Å². The third-order valence-corrected chi connectivity index (χ3v) is 10.6. The molecule has 0 atom stereocenters. The average Bonchev–Trinajstić information content (AvgIpc) is 3.75. The standard InChI is InChI=1S/C42H25NS.2C3H6.C2H6/c1-2-11-31-29(9-1)30-10-3-4-12-32(30)37-25-27(19-22-33(31)37)26-17-20-28(21-18-26)43-38-15-7-5-14-36(38)41-39(43)24-23-35-34-13-6-8-16-40(34)44-42(35)41;2*1-3-2;1-2/h1-25H;2*3H,1H2,2H3;1-2H3. The van der Waals surface area contributed by atoms with E-state index in [2.05, 4.69) is 169 Å². The molecule has 0 N–H and O–H groups in total. The minimum absolute atomic E-state index is 1.18. The number of aromatic nitrogens is 1. The van der Waals surface area contributed by atoms with Crippen molar-refractivity contribution >= 4 is 85.6 Å². The summed E-state index contributed by atoms with van der Waals surface area (Å²) in [5.74, 6) is 0. The molecule has 0 bridgehead atoms. The molecule has 52 heavy (non-hydrogen) atoms. The van der Waals surface area contributed by atoms with Crippen LogP contribution in [0.5, 0.6) is 0 Å². The van der Waals surface area contributed by atoms with Gasteiger partial charge in [0.1, 0.15) is 0 Å². The molecule has 1 nitrogen and oxygen atoms in total. The van der Waals surface area contributed by atoms with Crippen LogP contribution in [0.4, 0.5) is 0 Å². The molecule has 2 heteroatoms. The first kappa shape index (κ1) is 34.5. The highest BCUT2D eigenvalue weighted by molar-refractivity contribution is 7.26. The zero-order valence-electron chi connectivity index (χ0n) is 30.4. The highest BCUT2D eigenvalue weighted by Crippen LogP contribution is 2.43. The number of allylic oxidation sites excluding steroid dienone is 2. The molecule has 10 aromatic rings. The fourth-order valence-electron chi connectivity index (χ4n) is 7.40. The molecule has 2 heterocycles. The van der Waals surface area contributed by atoms with E-state index in [1.54, 1.807) is 12.2 Å². The van der Waals surface area contributed by atoms with Crippen LogP contribution in [0.3, 0.4) is 0 Å². The van der Waals surface area contributed by atoms with E-state index >= 15 is 0 Å². The van der Waals surface area contributed by atoms with Crippen molar-refractivity contribution in [1.29, 1.82) is 0 Å². The fraction of sp³-hybridized carbons (Fsp3) is 0.0800. The predicted molar refractivity (Wildman–Crippen MR) is 235 cm³/mol. The number of rotatable bonds is 2. The maximum atomic E-state index is 3.36. The van der Waals surface area contributed by atoms with Gasteiger partial charge in [0.25, 0.3) is 0 Å². The molecule has 254 valence electrons. The van der Waals surface area contributed by atoms with E-state index in [1.807, 2.05) is 39.0 Å². The second-order valence-corrected chi connectivity index (χ2v) is 13.6. The summed E-state index contributed by atoms with van der Waals surface area (Å²) in [6.07, 6.45) is 3.50. The lowest BCUT2D eigenvalue weighted by atomic mass is 9.92. The van der Waals surface area contributed by atoms with Crippen LogP contribution >= 0.6 is 11.3 Å². The Morgan fingerprint density at radius 2 is 0.904 bits per heavy atom. The maximum Gasteiger partial charge on any atom is 0.0555 e. The normalized spacial score (nSPS) is 10.8. The largest absolute Gasteiger partial charge is 0.309 e. The molecule has 8 aromatic carbocycles. The number of hydrogen-bond donors (Lipinski definition) is 0. The summed E-state index contributed by atoms with van der Waals surface area (Å²) < 4.78 is 5.14. The van der Waals surface area contributed by atoms with Crippen LogP contribution in [-0.4, -0.2) is 4.57 Å². The molecule has 0 saturated heterocycles.